The number of unbranched alkanes of at least 4 members (excludes halogenated alkanes) is 13. The fourth-order valence-electron chi connectivity index (χ4n) is 5.14. The van der Waals surface area contributed by atoms with Gasteiger partial charge in [-0.05, 0) is 77.0 Å². The molecule has 0 saturated heterocycles. The van der Waals surface area contributed by atoms with Crippen molar-refractivity contribution in [2.75, 3.05) is 33.0 Å². The summed E-state index contributed by atoms with van der Waals surface area (Å²) < 4.78 is 33.3. The summed E-state index contributed by atoms with van der Waals surface area (Å²) in [4.78, 5) is 22.4. The number of phosphoric acid groups is 1. The van der Waals surface area contributed by atoms with Gasteiger partial charge in [-0.1, -0.05) is 145 Å². The maximum atomic E-state index is 12.5. The third-order valence-electron chi connectivity index (χ3n) is 8.09. The lowest BCUT2D eigenvalue weighted by atomic mass is 10.1. The van der Waals surface area contributed by atoms with Crippen LogP contribution in [0.2, 0.25) is 0 Å². The van der Waals surface area contributed by atoms with Crippen molar-refractivity contribution in [1.29, 1.82) is 0 Å². The Hall–Kier alpha value is -2.06. The first kappa shape index (κ1) is 49.9. The van der Waals surface area contributed by atoms with Crippen molar-refractivity contribution in [1.82, 2.24) is 0 Å². The zero-order valence-corrected chi connectivity index (χ0v) is 33.9. The molecule has 0 amide bonds. The van der Waals surface area contributed by atoms with Gasteiger partial charge in [0.25, 0.3) is 0 Å². The minimum atomic E-state index is -4.28. The van der Waals surface area contributed by atoms with E-state index in [4.69, 9.17) is 24.3 Å². The third kappa shape index (κ3) is 39.2. The lowest BCUT2D eigenvalue weighted by Gasteiger charge is -2.20. The van der Waals surface area contributed by atoms with Crippen LogP contribution in [0.25, 0.3) is 0 Å². The van der Waals surface area contributed by atoms with E-state index in [0.29, 0.717) is 13.0 Å². The van der Waals surface area contributed by atoms with Crippen molar-refractivity contribution in [3.05, 3.63) is 72.9 Å². The van der Waals surface area contributed by atoms with E-state index < -0.39 is 13.9 Å². The summed E-state index contributed by atoms with van der Waals surface area (Å²) in [5.74, 6) is -0.353. The summed E-state index contributed by atoms with van der Waals surface area (Å²) in [7, 11) is -4.28. The van der Waals surface area contributed by atoms with Gasteiger partial charge in [0.05, 0.1) is 19.8 Å². The van der Waals surface area contributed by atoms with Crippen LogP contribution in [-0.2, 0) is 27.9 Å². The number of phosphoric ester groups is 1. The van der Waals surface area contributed by atoms with E-state index in [9.17, 15) is 14.3 Å². The van der Waals surface area contributed by atoms with E-state index in [1.807, 2.05) is 0 Å². The Morgan fingerprint density at radius 1 is 0.596 bits per heavy atom. The van der Waals surface area contributed by atoms with Gasteiger partial charge in [-0.3, -0.25) is 13.8 Å². The molecule has 8 nitrogen and oxygen atoms in total. The van der Waals surface area contributed by atoms with Crippen molar-refractivity contribution in [3.8, 4) is 0 Å². The number of hydrogen-bond acceptors (Lipinski definition) is 7. The topological polar surface area (TPSA) is 117 Å². The van der Waals surface area contributed by atoms with Gasteiger partial charge < -0.3 is 20.1 Å². The minimum absolute atomic E-state index is 0.0922. The highest BCUT2D eigenvalue weighted by atomic mass is 31.2. The molecule has 0 rings (SSSR count). The van der Waals surface area contributed by atoms with Crippen LogP contribution in [0.3, 0.4) is 0 Å². The summed E-state index contributed by atoms with van der Waals surface area (Å²) in [5, 5.41) is 0. The highest BCUT2D eigenvalue weighted by Gasteiger charge is 2.25. The third-order valence-corrected chi connectivity index (χ3v) is 9.07. The molecule has 2 unspecified atom stereocenters. The van der Waals surface area contributed by atoms with E-state index >= 15 is 0 Å². The maximum Gasteiger partial charge on any atom is 0.472 e. The molecule has 0 radical (unpaired) electrons. The molecule has 0 heterocycles. The van der Waals surface area contributed by atoms with E-state index in [-0.39, 0.29) is 32.3 Å². The normalized spacial score (nSPS) is 14.3. The van der Waals surface area contributed by atoms with Gasteiger partial charge >= 0.3 is 13.8 Å². The molecule has 300 valence electrons. The van der Waals surface area contributed by atoms with Gasteiger partial charge in [0.2, 0.25) is 0 Å². The van der Waals surface area contributed by atoms with E-state index in [1.54, 1.807) is 0 Å². The molecule has 2 atom stereocenters. The van der Waals surface area contributed by atoms with Crippen molar-refractivity contribution in [3.63, 3.8) is 0 Å². The fourth-order valence-corrected chi connectivity index (χ4v) is 5.91. The molecule has 52 heavy (non-hydrogen) atoms. The molecule has 0 aliphatic heterocycles. The zero-order valence-electron chi connectivity index (χ0n) is 33.0. The van der Waals surface area contributed by atoms with Gasteiger partial charge in [0.15, 0.2) is 0 Å². The Balaban J connectivity index is 4.09. The average molecular weight is 750 g/mol. The van der Waals surface area contributed by atoms with Crippen LogP contribution in [0.1, 0.15) is 155 Å². The summed E-state index contributed by atoms with van der Waals surface area (Å²) in [6.45, 7) is 4.67. The van der Waals surface area contributed by atoms with Crippen molar-refractivity contribution in [2.24, 2.45) is 5.73 Å². The molecule has 0 aromatic carbocycles. The molecule has 0 bridgehead atoms. The first-order valence-electron chi connectivity index (χ1n) is 20.4. The summed E-state index contributed by atoms with van der Waals surface area (Å²) in [6.07, 6.45) is 49.2. The van der Waals surface area contributed by atoms with E-state index in [0.717, 1.165) is 103 Å². The number of carbonyl (C=O) groups is 1. The molecule has 9 heteroatoms. The van der Waals surface area contributed by atoms with Crippen molar-refractivity contribution >= 4 is 13.8 Å². The smallest absolute Gasteiger partial charge is 0.457 e. The first-order valence-corrected chi connectivity index (χ1v) is 21.9. The predicted octanol–water partition coefficient (Wildman–Crippen LogP) is 12.0. The van der Waals surface area contributed by atoms with Crippen LogP contribution in [0.15, 0.2) is 72.9 Å². The second kappa shape index (κ2) is 40.1. The van der Waals surface area contributed by atoms with Gasteiger partial charge in [0, 0.05) is 19.6 Å². The number of hydrogen-bond donors (Lipinski definition) is 2. The Bertz CT molecular complexity index is 1020. The Morgan fingerprint density at radius 2 is 1.08 bits per heavy atom. The predicted molar refractivity (Wildman–Crippen MR) is 219 cm³/mol. The fraction of sp³-hybridized carbons (Fsp3) is 0.698. The maximum absolute atomic E-state index is 12.5. The molecule has 0 aliphatic rings. The molecule has 3 N–H and O–H groups in total. The van der Waals surface area contributed by atoms with Crippen molar-refractivity contribution < 1.29 is 32.8 Å². The Kier molecular flexibility index (Phi) is 38.5. The number of rotatable bonds is 38. The van der Waals surface area contributed by atoms with Gasteiger partial charge in [-0.15, -0.1) is 0 Å². The highest BCUT2D eigenvalue weighted by Crippen LogP contribution is 2.43. The van der Waals surface area contributed by atoms with Gasteiger partial charge in [-0.25, -0.2) is 4.57 Å². The quantitative estimate of drug-likeness (QED) is 0.0277. The molecule has 0 fully saturated rings. The lowest BCUT2D eigenvalue weighted by Crippen LogP contribution is -2.28. The SMILES string of the molecule is CC/C=C\C/C=C\C/C=C\C/C=C\CCCCCCCCCOCC(COP(=O)(O)OCCN)OC(=O)CCCCCCC/C=C\C/C=C\CCC. The Labute approximate surface area is 318 Å². The Morgan fingerprint density at radius 3 is 1.62 bits per heavy atom. The van der Waals surface area contributed by atoms with Crippen LogP contribution >= 0.6 is 7.82 Å². The lowest BCUT2D eigenvalue weighted by molar-refractivity contribution is -0.154. The second-order valence-corrected chi connectivity index (χ2v) is 14.6. The summed E-state index contributed by atoms with van der Waals surface area (Å²) in [6, 6.07) is 0. The van der Waals surface area contributed by atoms with E-state index in [2.05, 4.69) is 86.8 Å². The van der Waals surface area contributed by atoms with Crippen LogP contribution in [-0.4, -0.2) is 49.9 Å². The average Bonchev–Trinajstić information content (AvgIpc) is 3.13. The molecule has 0 aromatic heterocycles. The van der Waals surface area contributed by atoms with Crippen LogP contribution in [0.4, 0.5) is 0 Å². The van der Waals surface area contributed by atoms with Crippen LogP contribution in [0, 0.1) is 0 Å². The zero-order chi connectivity index (χ0) is 38.1. The molecular weight excluding hydrogens is 673 g/mol. The number of carbonyl (C=O) groups excluding carboxylic acids is 1. The van der Waals surface area contributed by atoms with Gasteiger partial charge in [-0.2, -0.15) is 0 Å². The molecule has 0 aromatic rings. The van der Waals surface area contributed by atoms with E-state index in [1.165, 1.54) is 32.1 Å². The molecule has 0 spiro atoms. The minimum Gasteiger partial charge on any atom is -0.457 e. The summed E-state index contributed by atoms with van der Waals surface area (Å²) >= 11 is 0. The number of esters is 1. The monoisotopic (exact) mass is 750 g/mol. The van der Waals surface area contributed by atoms with Crippen molar-refractivity contribution in [2.45, 2.75) is 161 Å². The number of nitrogens with two attached hydrogens (primary N) is 1. The molecular formula is C43H76NO7P. The van der Waals surface area contributed by atoms with Gasteiger partial charge in [0.1, 0.15) is 6.10 Å². The summed E-state index contributed by atoms with van der Waals surface area (Å²) in [5.41, 5.74) is 5.36. The van der Waals surface area contributed by atoms with Crippen LogP contribution in [0.5, 0.6) is 0 Å². The van der Waals surface area contributed by atoms with Crippen LogP contribution < -0.4 is 5.73 Å². The number of ether oxygens (including phenoxy) is 2. The molecule has 0 saturated carbocycles. The first-order chi connectivity index (χ1) is 25.4. The largest absolute Gasteiger partial charge is 0.472 e. The standard InChI is InChI=1S/C43H76NO7P/c1-3-5-7-9-11-13-15-17-18-19-20-21-22-23-25-27-29-31-33-35-38-48-40-42(41-50-52(46,47)49-39-37-44)51-43(45)36-34-32-30-28-26-24-16-14-12-10-8-6-4-2/h5,7-8,10-11,13-14,16-18,20-21,42H,3-4,6,9,12,15,19,22-41,44H2,1-2H3,(H,46,47)/b7-5-,10-8-,13-11-,16-14-,18-17-,21-20-. The number of allylic oxidation sites excluding steroid dienone is 12. The second-order valence-electron chi connectivity index (χ2n) is 13.1. The molecule has 0 aliphatic carbocycles. The highest BCUT2D eigenvalue weighted by molar-refractivity contribution is 7.47.